The van der Waals surface area contributed by atoms with Crippen molar-refractivity contribution in [2.45, 2.75) is 42.4 Å². The molecule has 196 valence electrons. The molecule has 1 fully saturated rings. The van der Waals surface area contributed by atoms with Crippen LogP contribution in [0.25, 0.3) is 0 Å². The minimum Gasteiger partial charge on any atom is -0.454 e. The highest BCUT2D eigenvalue weighted by molar-refractivity contribution is 9.10. The smallest absolute Gasteiger partial charge is 0.338 e. The molecular weight excluding hydrogens is 582 g/mol. The lowest BCUT2D eigenvalue weighted by atomic mass is 9.95. The van der Waals surface area contributed by atoms with Gasteiger partial charge in [-0.1, -0.05) is 39.8 Å². The summed E-state index contributed by atoms with van der Waals surface area (Å²) < 4.78 is 5.97. The fourth-order valence-corrected chi connectivity index (χ4v) is 5.93. The number of esters is 1. The van der Waals surface area contributed by atoms with Gasteiger partial charge >= 0.3 is 5.97 Å². The van der Waals surface area contributed by atoms with E-state index in [2.05, 4.69) is 27.0 Å². The predicted octanol–water partition coefficient (Wildman–Crippen LogP) is 5.06. The summed E-state index contributed by atoms with van der Waals surface area (Å²) in [6.45, 7) is -0.411. The summed E-state index contributed by atoms with van der Waals surface area (Å²) in [6.07, 6.45) is 3.81. The molecule has 3 aromatic rings. The van der Waals surface area contributed by atoms with E-state index in [-0.39, 0.29) is 23.7 Å². The van der Waals surface area contributed by atoms with Gasteiger partial charge in [0.05, 0.1) is 22.1 Å². The Morgan fingerprint density at radius 3 is 2.46 bits per heavy atom. The number of anilines is 1. The average Bonchev–Trinajstić information content (AvgIpc) is 3.23. The number of nitriles is 1. The molecule has 0 saturated carbocycles. The second-order valence-electron chi connectivity index (χ2n) is 9.20. The number of benzene rings is 2. The molecule has 1 aliphatic heterocycles. The highest BCUT2D eigenvalue weighted by Crippen LogP contribution is 2.36. The minimum atomic E-state index is -0.701. The maximum absolute atomic E-state index is 13.2. The second kappa shape index (κ2) is 11.5. The Labute approximate surface area is 237 Å². The third kappa shape index (κ3) is 5.79. The predicted molar refractivity (Wildman–Crippen MR) is 148 cm³/mol. The van der Waals surface area contributed by atoms with E-state index in [1.807, 2.05) is 6.07 Å². The van der Waals surface area contributed by atoms with Gasteiger partial charge in [0, 0.05) is 22.2 Å². The third-order valence-electron chi connectivity index (χ3n) is 6.61. The molecule has 1 atom stereocenters. The van der Waals surface area contributed by atoms with Gasteiger partial charge in [-0.2, -0.15) is 5.26 Å². The molecular formula is C29H22BrN3O5S. The lowest BCUT2D eigenvalue weighted by molar-refractivity contribution is -0.121. The fourth-order valence-electron chi connectivity index (χ4n) is 4.57. The van der Waals surface area contributed by atoms with Crippen LogP contribution in [0, 0.1) is 11.3 Å². The van der Waals surface area contributed by atoms with Crippen LogP contribution >= 0.6 is 27.7 Å². The number of halogens is 1. The van der Waals surface area contributed by atoms with Gasteiger partial charge in [0.2, 0.25) is 11.8 Å². The quantitative estimate of drug-likeness (QED) is 0.209. The van der Waals surface area contributed by atoms with Crippen molar-refractivity contribution in [2.75, 3.05) is 11.5 Å². The topological polar surface area (TPSA) is 117 Å². The summed E-state index contributed by atoms with van der Waals surface area (Å²) >= 11 is 4.45. The first-order chi connectivity index (χ1) is 18.8. The first kappa shape index (κ1) is 26.8. The number of Topliss-reactive ketones (excluding diaryl/α,β-unsaturated/α-hetero) is 1. The van der Waals surface area contributed by atoms with Gasteiger partial charge in [-0.05, 0) is 73.7 Å². The monoisotopic (exact) mass is 603 g/mol. The van der Waals surface area contributed by atoms with Crippen LogP contribution in [0.1, 0.15) is 56.8 Å². The largest absolute Gasteiger partial charge is 0.454 e. The molecule has 0 N–H and O–H groups in total. The number of amides is 2. The normalized spacial score (nSPS) is 16.5. The molecule has 1 unspecified atom stereocenters. The minimum absolute atomic E-state index is 0.0188. The number of rotatable bonds is 7. The van der Waals surface area contributed by atoms with E-state index in [9.17, 15) is 24.4 Å². The molecule has 2 heterocycles. The molecule has 10 heteroatoms. The number of nitrogens with zero attached hydrogens (tertiary/aromatic N) is 3. The molecule has 2 aliphatic rings. The van der Waals surface area contributed by atoms with Crippen molar-refractivity contribution in [3.8, 4) is 6.07 Å². The zero-order valence-corrected chi connectivity index (χ0v) is 23.1. The molecule has 0 radical (unpaired) electrons. The van der Waals surface area contributed by atoms with Crippen LogP contribution in [-0.4, -0.2) is 40.4 Å². The molecule has 8 nitrogen and oxygen atoms in total. The Morgan fingerprint density at radius 2 is 1.74 bits per heavy atom. The molecule has 2 amide bonds. The van der Waals surface area contributed by atoms with E-state index >= 15 is 0 Å². The number of imide groups is 1. The van der Waals surface area contributed by atoms with Crippen LogP contribution < -0.4 is 4.90 Å². The number of pyridine rings is 1. The summed E-state index contributed by atoms with van der Waals surface area (Å²) in [7, 11) is 0. The van der Waals surface area contributed by atoms with E-state index in [0.29, 0.717) is 21.8 Å². The number of hydrogen-bond donors (Lipinski definition) is 0. The van der Waals surface area contributed by atoms with E-state index in [0.717, 1.165) is 58.1 Å². The fraction of sp³-hybridized carbons (Fsp3) is 0.241. The van der Waals surface area contributed by atoms with Crippen LogP contribution in [0.3, 0.4) is 0 Å². The average molecular weight is 604 g/mol. The number of carbonyl (C=O) groups is 4. The van der Waals surface area contributed by atoms with Crippen molar-refractivity contribution in [3.05, 3.63) is 87.0 Å². The van der Waals surface area contributed by atoms with Crippen LogP contribution in [0.5, 0.6) is 0 Å². The van der Waals surface area contributed by atoms with Gasteiger partial charge in [0.15, 0.2) is 12.4 Å². The Bertz CT molecular complexity index is 1520. The molecule has 5 rings (SSSR count). The van der Waals surface area contributed by atoms with Crippen molar-refractivity contribution in [3.63, 3.8) is 0 Å². The molecule has 1 aromatic heterocycles. The van der Waals surface area contributed by atoms with Gasteiger partial charge in [0.1, 0.15) is 11.1 Å². The first-order valence-corrected chi connectivity index (χ1v) is 14.0. The van der Waals surface area contributed by atoms with Crippen molar-refractivity contribution in [1.82, 2.24) is 4.98 Å². The van der Waals surface area contributed by atoms with Crippen molar-refractivity contribution >= 4 is 56.9 Å². The Hall–Kier alpha value is -3.81. The van der Waals surface area contributed by atoms with Gasteiger partial charge < -0.3 is 4.74 Å². The van der Waals surface area contributed by atoms with Crippen molar-refractivity contribution in [2.24, 2.45) is 0 Å². The second-order valence-corrected chi connectivity index (χ2v) is 11.3. The number of aryl methyl sites for hydroxylation is 2. The molecule has 1 saturated heterocycles. The Kier molecular flexibility index (Phi) is 7.91. The molecule has 2 aromatic carbocycles. The summed E-state index contributed by atoms with van der Waals surface area (Å²) in [5, 5.41) is 9.40. The zero-order chi connectivity index (χ0) is 27.5. The standard InChI is InChI=1S/C29H22BrN3O5S/c30-21-9-5-17(6-10-21)24(34)16-38-29(37)18-7-11-22(12-8-18)33-26(35)14-25(28(33)36)39-27-20(15-31)13-19-3-1-2-4-23(19)32-27/h5-13,25H,1-4,14,16H2. The molecule has 0 bridgehead atoms. The maximum Gasteiger partial charge on any atom is 0.338 e. The summed E-state index contributed by atoms with van der Waals surface area (Å²) in [6, 6.07) is 16.6. The molecule has 0 spiro atoms. The van der Waals surface area contributed by atoms with E-state index in [1.165, 1.54) is 24.3 Å². The van der Waals surface area contributed by atoms with E-state index in [4.69, 9.17) is 4.74 Å². The van der Waals surface area contributed by atoms with Gasteiger partial charge in [-0.3, -0.25) is 14.4 Å². The van der Waals surface area contributed by atoms with Crippen LogP contribution in [0.15, 0.2) is 64.1 Å². The Balaban J connectivity index is 1.24. The maximum atomic E-state index is 13.2. The van der Waals surface area contributed by atoms with Crippen LogP contribution in [0.2, 0.25) is 0 Å². The number of ketones is 1. The van der Waals surface area contributed by atoms with Gasteiger partial charge in [0.25, 0.3) is 0 Å². The Morgan fingerprint density at radius 1 is 1.05 bits per heavy atom. The number of thioether (sulfide) groups is 1. The van der Waals surface area contributed by atoms with E-state index in [1.54, 1.807) is 24.3 Å². The summed E-state index contributed by atoms with van der Waals surface area (Å²) in [5.41, 5.74) is 3.39. The lowest BCUT2D eigenvalue weighted by Crippen LogP contribution is -2.31. The highest BCUT2D eigenvalue weighted by Gasteiger charge is 2.41. The molecule has 1 aliphatic carbocycles. The lowest BCUT2D eigenvalue weighted by Gasteiger charge is -2.18. The van der Waals surface area contributed by atoms with Crippen molar-refractivity contribution in [1.29, 1.82) is 5.26 Å². The number of ether oxygens (including phenoxy) is 1. The third-order valence-corrected chi connectivity index (χ3v) is 8.32. The number of fused-ring (bicyclic) bond motifs is 1. The van der Waals surface area contributed by atoms with E-state index < -0.39 is 23.7 Å². The highest BCUT2D eigenvalue weighted by atomic mass is 79.9. The van der Waals surface area contributed by atoms with Gasteiger partial charge in [-0.15, -0.1) is 0 Å². The number of hydrogen-bond acceptors (Lipinski definition) is 8. The zero-order valence-electron chi connectivity index (χ0n) is 20.7. The number of aromatic nitrogens is 1. The molecule has 39 heavy (non-hydrogen) atoms. The first-order valence-electron chi connectivity index (χ1n) is 12.4. The van der Waals surface area contributed by atoms with Crippen LogP contribution in [0.4, 0.5) is 5.69 Å². The summed E-state index contributed by atoms with van der Waals surface area (Å²) in [5.74, 6) is -1.80. The van der Waals surface area contributed by atoms with Crippen molar-refractivity contribution < 1.29 is 23.9 Å². The van der Waals surface area contributed by atoms with Crippen LogP contribution in [-0.2, 0) is 27.2 Å². The summed E-state index contributed by atoms with van der Waals surface area (Å²) in [4.78, 5) is 56.5. The number of carbonyl (C=O) groups excluding carboxylic acids is 4. The van der Waals surface area contributed by atoms with Gasteiger partial charge in [-0.25, -0.2) is 14.7 Å². The SMILES string of the molecule is N#Cc1cc2c(nc1SC1CC(=O)N(c3ccc(C(=O)OCC(=O)c4ccc(Br)cc4)cc3)C1=O)CCCC2.